The first-order valence-electron chi connectivity index (χ1n) is 8.61. The molecule has 1 aliphatic rings. The molecule has 1 aromatic carbocycles. The Labute approximate surface area is 152 Å². The Hall–Kier alpha value is -2.83. The van der Waals surface area contributed by atoms with Crippen LogP contribution < -0.4 is 4.74 Å². The number of aromatic nitrogens is 2. The molecule has 0 radical (unpaired) electrons. The highest BCUT2D eigenvalue weighted by Gasteiger charge is 2.37. The van der Waals surface area contributed by atoms with Gasteiger partial charge >= 0.3 is 5.97 Å². The van der Waals surface area contributed by atoms with Gasteiger partial charge in [-0.2, -0.15) is 0 Å². The quantitative estimate of drug-likeness (QED) is 0.765. The van der Waals surface area contributed by atoms with Crippen LogP contribution in [-0.2, 0) is 27.3 Å². The van der Waals surface area contributed by atoms with Gasteiger partial charge in [0.25, 0.3) is 5.91 Å². The third-order valence-electron chi connectivity index (χ3n) is 4.52. The molecule has 7 nitrogen and oxygen atoms in total. The number of esters is 1. The van der Waals surface area contributed by atoms with Crippen molar-refractivity contribution in [2.24, 2.45) is 0 Å². The van der Waals surface area contributed by atoms with Gasteiger partial charge in [0.1, 0.15) is 11.8 Å². The average Bonchev–Trinajstić information content (AvgIpc) is 3.08. The lowest BCUT2D eigenvalue weighted by Gasteiger charge is -2.34. The summed E-state index contributed by atoms with van der Waals surface area (Å²) >= 11 is 0. The number of carbonyl (C=O) groups excluding carboxylic acids is 2. The molecule has 0 saturated heterocycles. The Kier molecular flexibility index (Phi) is 5.25. The molecule has 26 heavy (non-hydrogen) atoms. The van der Waals surface area contributed by atoms with Crippen LogP contribution in [-0.4, -0.2) is 46.1 Å². The summed E-state index contributed by atoms with van der Waals surface area (Å²) in [6.07, 6.45) is 2.11. The van der Waals surface area contributed by atoms with Gasteiger partial charge in [0.15, 0.2) is 6.61 Å². The molecule has 1 aromatic heterocycles. The monoisotopic (exact) mass is 357 g/mol. The van der Waals surface area contributed by atoms with Crippen LogP contribution in [0.4, 0.5) is 0 Å². The van der Waals surface area contributed by atoms with Gasteiger partial charge in [0, 0.05) is 12.5 Å². The van der Waals surface area contributed by atoms with Gasteiger partial charge < -0.3 is 18.9 Å². The molecular weight excluding hydrogens is 334 g/mol. The molecule has 2 heterocycles. The normalized spacial score (nSPS) is 16.3. The fraction of sp³-hybridized carbons (Fsp3) is 0.421. The number of rotatable bonds is 5. The summed E-state index contributed by atoms with van der Waals surface area (Å²) in [5.74, 6) is -0.0883. The van der Waals surface area contributed by atoms with Gasteiger partial charge in [-0.25, -0.2) is 9.78 Å². The molecule has 3 rings (SSSR count). The molecule has 0 bridgehead atoms. The van der Waals surface area contributed by atoms with Crippen LogP contribution in [0.2, 0.25) is 0 Å². The van der Waals surface area contributed by atoms with E-state index in [0.29, 0.717) is 18.7 Å². The molecule has 0 N–H and O–H groups in total. The standard InChI is InChI=1S/C19H23N3O4/c1-13(2)22-12-20-15-9-16(19(24)25-3)21(10-17(15)22)18(23)11-26-14-7-5-4-6-8-14/h4-8,12-13,16H,9-11H2,1-3H3. The van der Waals surface area contributed by atoms with Gasteiger partial charge in [-0.15, -0.1) is 0 Å². The average molecular weight is 357 g/mol. The summed E-state index contributed by atoms with van der Waals surface area (Å²) in [5.41, 5.74) is 1.79. The first-order valence-corrected chi connectivity index (χ1v) is 8.61. The minimum Gasteiger partial charge on any atom is -0.484 e. The molecule has 0 saturated carbocycles. The second-order valence-corrected chi connectivity index (χ2v) is 6.51. The number of hydrogen-bond donors (Lipinski definition) is 0. The van der Waals surface area contributed by atoms with E-state index >= 15 is 0 Å². The molecule has 0 aliphatic carbocycles. The third-order valence-corrected chi connectivity index (χ3v) is 4.52. The van der Waals surface area contributed by atoms with Crippen LogP contribution in [0.3, 0.4) is 0 Å². The number of hydrogen-bond acceptors (Lipinski definition) is 5. The zero-order valence-corrected chi connectivity index (χ0v) is 15.2. The van der Waals surface area contributed by atoms with Crippen LogP contribution >= 0.6 is 0 Å². The van der Waals surface area contributed by atoms with E-state index in [2.05, 4.69) is 18.8 Å². The Morgan fingerprint density at radius 3 is 2.65 bits per heavy atom. The third kappa shape index (κ3) is 3.56. The summed E-state index contributed by atoms with van der Waals surface area (Å²) in [6.45, 7) is 4.28. The minimum absolute atomic E-state index is 0.136. The summed E-state index contributed by atoms with van der Waals surface area (Å²) in [6, 6.07) is 8.66. The van der Waals surface area contributed by atoms with E-state index in [1.807, 2.05) is 22.8 Å². The van der Waals surface area contributed by atoms with Crippen LogP contribution in [0.1, 0.15) is 31.3 Å². The molecule has 1 aliphatic heterocycles. The zero-order chi connectivity index (χ0) is 18.7. The minimum atomic E-state index is -0.685. The molecule has 2 aromatic rings. The molecule has 138 valence electrons. The maximum absolute atomic E-state index is 12.8. The number of methoxy groups -OCH3 is 1. The molecule has 1 atom stereocenters. The van der Waals surface area contributed by atoms with E-state index in [9.17, 15) is 9.59 Å². The SMILES string of the molecule is COC(=O)C1Cc2ncn(C(C)C)c2CN1C(=O)COc1ccccc1. The first-order chi connectivity index (χ1) is 12.5. The number of carbonyl (C=O) groups is 2. The Balaban J connectivity index is 1.80. The largest absolute Gasteiger partial charge is 0.484 e. The highest BCUT2D eigenvalue weighted by molar-refractivity contribution is 5.86. The molecular formula is C19H23N3O4. The Morgan fingerprint density at radius 2 is 2.00 bits per heavy atom. The predicted molar refractivity (Wildman–Crippen MR) is 94.6 cm³/mol. The predicted octanol–water partition coefficient (Wildman–Crippen LogP) is 1.97. The Bertz CT molecular complexity index is 785. The van der Waals surface area contributed by atoms with Gasteiger partial charge in [-0.05, 0) is 26.0 Å². The topological polar surface area (TPSA) is 73.7 Å². The van der Waals surface area contributed by atoms with Crippen molar-refractivity contribution in [3.8, 4) is 5.75 Å². The van der Waals surface area contributed by atoms with Crippen LogP contribution in [0.15, 0.2) is 36.7 Å². The van der Waals surface area contributed by atoms with E-state index in [0.717, 1.165) is 11.4 Å². The number of nitrogens with zero attached hydrogens (tertiary/aromatic N) is 3. The molecule has 7 heteroatoms. The van der Waals surface area contributed by atoms with Crippen molar-refractivity contribution in [2.75, 3.05) is 13.7 Å². The lowest BCUT2D eigenvalue weighted by Crippen LogP contribution is -2.51. The fourth-order valence-corrected chi connectivity index (χ4v) is 3.13. The lowest BCUT2D eigenvalue weighted by atomic mass is 10.0. The van der Waals surface area contributed by atoms with Crippen LogP contribution in [0, 0.1) is 0 Å². The Morgan fingerprint density at radius 1 is 1.27 bits per heavy atom. The number of para-hydroxylation sites is 1. The summed E-state index contributed by atoms with van der Waals surface area (Å²) in [4.78, 5) is 30.9. The van der Waals surface area contributed by atoms with E-state index in [1.54, 1.807) is 18.5 Å². The van der Waals surface area contributed by atoms with E-state index < -0.39 is 12.0 Å². The number of ether oxygens (including phenoxy) is 2. The maximum atomic E-state index is 12.8. The van der Waals surface area contributed by atoms with Crippen molar-refractivity contribution in [3.05, 3.63) is 48.0 Å². The first kappa shape index (κ1) is 18.0. The van der Waals surface area contributed by atoms with Crippen molar-refractivity contribution in [1.82, 2.24) is 14.5 Å². The van der Waals surface area contributed by atoms with Gasteiger partial charge in [-0.1, -0.05) is 18.2 Å². The summed E-state index contributed by atoms with van der Waals surface area (Å²) < 4.78 is 12.5. The van der Waals surface area contributed by atoms with E-state index in [4.69, 9.17) is 9.47 Å². The van der Waals surface area contributed by atoms with Crippen LogP contribution in [0.5, 0.6) is 5.75 Å². The van der Waals surface area contributed by atoms with Gasteiger partial charge in [0.2, 0.25) is 0 Å². The maximum Gasteiger partial charge on any atom is 0.329 e. The fourth-order valence-electron chi connectivity index (χ4n) is 3.13. The van der Waals surface area contributed by atoms with Crippen molar-refractivity contribution in [2.45, 2.75) is 38.9 Å². The molecule has 1 unspecified atom stereocenters. The highest BCUT2D eigenvalue weighted by Crippen LogP contribution is 2.26. The number of imidazole rings is 1. The lowest BCUT2D eigenvalue weighted by molar-refractivity contribution is -0.154. The second kappa shape index (κ2) is 7.59. The van der Waals surface area contributed by atoms with Crippen molar-refractivity contribution in [1.29, 1.82) is 0 Å². The van der Waals surface area contributed by atoms with E-state index in [1.165, 1.54) is 12.0 Å². The number of benzene rings is 1. The second-order valence-electron chi connectivity index (χ2n) is 6.51. The summed E-state index contributed by atoms with van der Waals surface area (Å²) in [5, 5.41) is 0. The van der Waals surface area contributed by atoms with Crippen molar-refractivity contribution in [3.63, 3.8) is 0 Å². The summed E-state index contributed by atoms with van der Waals surface area (Å²) in [7, 11) is 1.33. The zero-order valence-electron chi connectivity index (χ0n) is 15.2. The van der Waals surface area contributed by atoms with Crippen LogP contribution in [0.25, 0.3) is 0 Å². The van der Waals surface area contributed by atoms with E-state index in [-0.39, 0.29) is 18.6 Å². The molecule has 0 fully saturated rings. The number of amides is 1. The van der Waals surface area contributed by atoms with Crippen molar-refractivity contribution < 1.29 is 19.1 Å². The highest BCUT2D eigenvalue weighted by atomic mass is 16.5. The molecule has 0 spiro atoms. The molecule has 1 amide bonds. The smallest absolute Gasteiger partial charge is 0.329 e. The van der Waals surface area contributed by atoms with Crippen molar-refractivity contribution >= 4 is 11.9 Å². The number of fused-ring (bicyclic) bond motifs is 1. The van der Waals surface area contributed by atoms with Gasteiger partial charge in [0.05, 0.1) is 31.4 Å². The van der Waals surface area contributed by atoms with Gasteiger partial charge in [-0.3, -0.25) is 4.79 Å².